The maximum Gasteiger partial charge on any atom is 0.295 e. The maximum absolute atomic E-state index is 13.2. The molecule has 0 saturated heterocycles. The number of hydrogen-bond donors (Lipinski definition) is 3. The van der Waals surface area contributed by atoms with E-state index in [2.05, 4.69) is 36.8 Å². The van der Waals surface area contributed by atoms with Gasteiger partial charge in [0.15, 0.2) is 5.69 Å². The Kier molecular flexibility index (Phi) is 8.06. The normalized spacial score (nSPS) is 11.3. The SMILES string of the molecule is Cc1c(NC(=S)N=Nc2c(O)n(CC(=O)Nc3ccc(Br)cc3)c3ccc(Cl)cc23)c(=O)n(-c2ccccc2)n1C. The number of nitrogens with zero attached hydrogens (tertiary/aromatic N) is 5. The molecule has 0 radical (unpaired) electrons. The first-order chi connectivity index (χ1) is 19.6. The number of carbonyl (C=O) groups is 1. The van der Waals surface area contributed by atoms with Crippen LogP contribution in [0.25, 0.3) is 16.6 Å². The topological polar surface area (TPSA) is 118 Å². The molecule has 10 nitrogen and oxygen atoms in total. The van der Waals surface area contributed by atoms with Crippen LogP contribution in [0.3, 0.4) is 0 Å². The highest BCUT2D eigenvalue weighted by atomic mass is 79.9. The summed E-state index contributed by atoms with van der Waals surface area (Å²) in [6.07, 6.45) is 0. The van der Waals surface area contributed by atoms with Crippen LogP contribution in [0.1, 0.15) is 5.69 Å². The Hall–Kier alpha value is -4.26. The van der Waals surface area contributed by atoms with Gasteiger partial charge in [-0.05, 0) is 73.7 Å². The fraction of sp³-hybridized carbons (Fsp3) is 0.107. The van der Waals surface area contributed by atoms with E-state index in [9.17, 15) is 14.7 Å². The summed E-state index contributed by atoms with van der Waals surface area (Å²) in [5, 5.41) is 25.8. The molecule has 3 N–H and O–H groups in total. The minimum absolute atomic E-state index is 0.0783. The summed E-state index contributed by atoms with van der Waals surface area (Å²) in [5.41, 5.74) is 2.49. The fourth-order valence-corrected chi connectivity index (χ4v) is 4.95. The van der Waals surface area contributed by atoms with E-state index in [-0.39, 0.29) is 40.4 Å². The van der Waals surface area contributed by atoms with E-state index < -0.39 is 0 Å². The van der Waals surface area contributed by atoms with Crippen molar-refractivity contribution < 1.29 is 9.90 Å². The molecule has 0 fully saturated rings. The first kappa shape index (κ1) is 28.3. The van der Waals surface area contributed by atoms with Gasteiger partial charge < -0.3 is 20.3 Å². The van der Waals surface area contributed by atoms with Gasteiger partial charge in [0.2, 0.25) is 16.9 Å². The standard InChI is InChI=1S/C28H23BrClN7O3S/c1-16-24(27(40)37(35(16)2)20-6-4-3-5-7-20)32-28(41)34-33-25-21-14-18(30)10-13-22(21)36(26(25)39)15-23(38)31-19-11-8-17(29)9-12-19/h3-14,39H,15H2,1-2H3,(H,31,38)(H,32,41). The Morgan fingerprint density at radius 2 is 1.78 bits per heavy atom. The highest BCUT2D eigenvalue weighted by Gasteiger charge is 2.20. The second-order valence-electron chi connectivity index (χ2n) is 9.04. The number of nitrogens with one attached hydrogen (secondary N) is 2. The molecule has 3 aromatic carbocycles. The smallest absolute Gasteiger partial charge is 0.295 e. The van der Waals surface area contributed by atoms with Crippen LogP contribution in [-0.2, 0) is 18.4 Å². The van der Waals surface area contributed by atoms with Gasteiger partial charge in [-0.1, -0.05) is 45.7 Å². The maximum atomic E-state index is 13.2. The van der Waals surface area contributed by atoms with Crippen molar-refractivity contribution in [2.24, 2.45) is 17.3 Å². The number of benzene rings is 3. The lowest BCUT2D eigenvalue weighted by atomic mass is 10.2. The number of rotatable bonds is 6. The largest absolute Gasteiger partial charge is 0.493 e. The van der Waals surface area contributed by atoms with Crippen LogP contribution in [0, 0.1) is 6.92 Å². The van der Waals surface area contributed by atoms with Gasteiger partial charge in [0.05, 0.1) is 16.9 Å². The summed E-state index contributed by atoms with van der Waals surface area (Å²) in [4.78, 5) is 26.0. The van der Waals surface area contributed by atoms with Crippen LogP contribution < -0.4 is 16.2 Å². The molecule has 0 unspecified atom stereocenters. The van der Waals surface area contributed by atoms with E-state index in [0.29, 0.717) is 33.0 Å². The van der Waals surface area contributed by atoms with E-state index >= 15 is 0 Å². The van der Waals surface area contributed by atoms with Crippen molar-refractivity contribution in [1.29, 1.82) is 0 Å². The number of fused-ring (bicyclic) bond motifs is 1. The summed E-state index contributed by atoms with van der Waals surface area (Å²) in [5.74, 6) is -0.647. The predicted octanol–water partition coefficient (Wildman–Crippen LogP) is 6.68. The number of aromatic nitrogens is 3. The third-order valence-corrected chi connectivity index (χ3v) is 7.38. The second kappa shape index (κ2) is 11.7. The van der Waals surface area contributed by atoms with Crippen LogP contribution in [0.2, 0.25) is 5.02 Å². The van der Waals surface area contributed by atoms with E-state index in [4.69, 9.17) is 23.8 Å². The quantitative estimate of drug-likeness (QED) is 0.140. The van der Waals surface area contributed by atoms with E-state index in [0.717, 1.165) is 4.47 Å². The molecule has 0 saturated carbocycles. The Bertz CT molecular complexity index is 1880. The van der Waals surface area contributed by atoms with Crippen molar-refractivity contribution in [2.75, 3.05) is 10.6 Å². The molecule has 5 aromatic rings. The number of hydrogen-bond acceptors (Lipinski definition) is 5. The van der Waals surface area contributed by atoms with Crippen molar-refractivity contribution in [3.8, 4) is 11.6 Å². The van der Waals surface area contributed by atoms with Crippen LogP contribution in [0.4, 0.5) is 17.1 Å². The van der Waals surface area contributed by atoms with Gasteiger partial charge in [-0.2, -0.15) is 0 Å². The fourth-order valence-electron chi connectivity index (χ4n) is 4.37. The predicted molar refractivity (Wildman–Crippen MR) is 168 cm³/mol. The first-order valence-corrected chi connectivity index (χ1v) is 13.8. The molecule has 208 valence electrons. The third-order valence-electron chi connectivity index (χ3n) is 6.43. The van der Waals surface area contributed by atoms with Crippen molar-refractivity contribution >= 4 is 78.7 Å². The Labute approximate surface area is 253 Å². The zero-order valence-electron chi connectivity index (χ0n) is 21.8. The lowest BCUT2D eigenvalue weighted by molar-refractivity contribution is -0.116. The number of amides is 1. The Balaban J connectivity index is 1.42. The summed E-state index contributed by atoms with van der Waals surface area (Å²) in [6.45, 7) is 1.59. The summed E-state index contributed by atoms with van der Waals surface area (Å²) < 4.78 is 5.51. The minimum atomic E-state index is -0.357. The Morgan fingerprint density at radius 3 is 2.49 bits per heavy atom. The highest BCUT2D eigenvalue weighted by Crippen LogP contribution is 2.40. The summed E-state index contributed by atoms with van der Waals surface area (Å²) >= 11 is 15.0. The molecule has 0 aliphatic heterocycles. The number of para-hydroxylation sites is 1. The molecular formula is C28H23BrClN7O3S. The molecule has 2 heterocycles. The van der Waals surface area contributed by atoms with Crippen molar-refractivity contribution in [2.45, 2.75) is 13.5 Å². The highest BCUT2D eigenvalue weighted by molar-refractivity contribution is 9.10. The van der Waals surface area contributed by atoms with Crippen molar-refractivity contribution in [3.05, 3.63) is 98.3 Å². The van der Waals surface area contributed by atoms with Gasteiger partial charge in [-0.3, -0.25) is 14.3 Å². The number of carbonyl (C=O) groups excluding carboxylic acids is 1. The van der Waals surface area contributed by atoms with Gasteiger partial charge in [0.1, 0.15) is 12.2 Å². The number of thiocarbonyl (C=S) groups is 1. The molecule has 0 aliphatic rings. The van der Waals surface area contributed by atoms with Crippen LogP contribution in [0.15, 0.2) is 92.3 Å². The van der Waals surface area contributed by atoms with Gasteiger partial charge in [-0.15, -0.1) is 10.2 Å². The Morgan fingerprint density at radius 1 is 1.07 bits per heavy atom. The van der Waals surface area contributed by atoms with Gasteiger partial charge in [-0.25, -0.2) is 4.68 Å². The average Bonchev–Trinajstić information content (AvgIpc) is 3.32. The van der Waals surface area contributed by atoms with Gasteiger partial charge in [0.25, 0.3) is 5.56 Å². The lowest BCUT2D eigenvalue weighted by Crippen LogP contribution is -2.21. The minimum Gasteiger partial charge on any atom is -0.493 e. The second-order valence-corrected chi connectivity index (χ2v) is 10.8. The molecule has 0 spiro atoms. The average molecular weight is 653 g/mol. The van der Waals surface area contributed by atoms with Crippen LogP contribution in [-0.4, -0.2) is 30.1 Å². The van der Waals surface area contributed by atoms with E-state index in [1.54, 1.807) is 49.0 Å². The zero-order valence-corrected chi connectivity index (χ0v) is 25.0. The van der Waals surface area contributed by atoms with Gasteiger partial charge in [0, 0.05) is 27.6 Å². The monoisotopic (exact) mass is 651 g/mol. The van der Waals surface area contributed by atoms with Crippen molar-refractivity contribution in [3.63, 3.8) is 0 Å². The summed E-state index contributed by atoms with van der Waals surface area (Å²) in [6, 6.07) is 21.3. The molecule has 13 heteroatoms. The van der Waals surface area contributed by atoms with E-state index in [1.807, 2.05) is 42.5 Å². The molecule has 1 amide bonds. The number of halogens is 2. The molecule has 0 bridgehead atoms. The molecule has 41 heavy (non-hydrogen) atoms. The third kappa shape index (κ3) is 5.80. The first-order valence-electron chi connectivity index (χ1n) is 12.3. The molecule has 0 aliphatic carbocycles. The van der Waals surface area contributed by atoms with Crippen LogP contribution >= 0.6 is 39.7 Å². The number of azo groups is 1. The lowest BCUT2D eigenvalue weighted by Gasteiger charge is -2.08. The number of aromatic hydroxyl groups is 1. The molecule has 5 rings (SSSR count). The number of anilines is 2. The van der Waals surface area contributed by atoms with Crippen LogP contribution in [0.5, 0.6) is 5.88 Å². The van der Waals surface area contributed by atoms with Gasteiger partial charge >= 0.3 is 0 Å². The molecule has 0 atom stereocenters. The van der Waals surface area contributed by atoms with Crippen molar-refractivity contribution in [1.82, 2.24) is 13.9 Å². The molecule has 2 aromatic heterocycles. The molecular weight excluding hydrogens is 630 g/mol. The zero-order chi connectivity index (χ0) is 29.3. The summed E-state index contributed by atoms with van der Waals surface area (Å²) in [7, 11) is 1.77. The van der Waals surface area contributed by atoms with E-state index in [1.165, 1.54) is 9.25 Å².